The minimum Gasteiger partial charge on any atom is -0.305 e. The Bertz CT molecular complexity index is 265. The highest BCUT2D eigenvalue weighted by molar-refractivity contribution is 6.05. The van der Waals surface area contributed by atoms with E-state index in [0.29, 0.717) is 12.6 Å². The largest absolute Gasteiger partial charge is 0.305 e. The Hall–Kier alpha value is -0.940. The second-order valence-electron chi connectivity index (χ2n) is 4.27. The van der Waals surface area contributed by atoms with Gasteiger partial charge < -0.3 is 10.2 Å². The van der Waals surface area contributed by atoms with Gasteiger partial charge in [-0.05, 0) is 21.0 Å². The maximum Gasteiger partial charge on any atom is 0.246 e. The molecule has 0 aliphatic carbocycles. The molecular weight excluding hydrogens is 194 g/mol. The molecule has 1 saturated heterocycles. The number of imide groups is 1. The molecule has 1 rings (SSSR count). The van der Waals surface area contributed by atoms with E-state index in [1.54, 1.807) is 0 Å². The Morgan fingerprint density at radius 1 is 1.53 bits per heavy atom. The first-order valence-corrected chi connectivity index (χ1v) is 5.13. The lowest BCUT2D eigenvalue weighted by Crippen LogP contribution is -2.43. The predicted octanol–water partition coefficient (Wildman–Crippen LogP) is -0.717. The smallest absolute Gasteiger partial charge is 0.246 e. The van der Waals surface area contributed by atoms with Crippen LogP contribution in [0.15, 0.2) is 0 Å². The molecule has 1 heterocycles. The van der Waals surface area contributed by atoms with Crippen molar-refractivity contribution in [2.45, 2.75) is 25.4 Å². The number of likely N-dealkylation sites (tertiary alicyclic amines) is 1. The molecule has 1 fully saturated rings. The first kappa shape index (κ1) is 12.1. The Labute approximate surface area is 90.4 Å². The highest BCUT2D eigenvalue weighted by Crippen LogP contribution is 2.10. The van der Waals surface area contributed by atoms with Crippen LogP contribution in [0.5, 0.6) is 0 Å². The number of carbonyl (C=O) groups is 2. The summed E-state index contributed by atoms with van der Waals surface area (Å²) in [7, 11) is 5.50. The highest BCUT2D eigenvalue weighted by Gasteiger charge is 2.35. The van der Waals surface area contributed by atoms with Crippen LogP contribution in [0.25, 0.3) is 0 Å². The molecule has 2 unspecified atom stereocenters. The van der Waals surface area contributed by atoms with E-state index in [2.05, 4.69) is 17.1 Å². The molecular formula is C10H19N3O2. The van der Waals surface area contributed by atoms with Crippen molar-refractivity contribution >= 4 is 11.8 Å². The number of nitrogens with one attached hydrogen (secondary N) is 1. The molecule has 2 atom stereocenters. The molecule has 0 radical (unpaired) electrons. The van der Waals surface area contributed by atoms with Crippen LogP contribution in [0.3, 0.4) is 0 Å². The lowest BCUT2D eigenvalue weighted by Gasteiger charge is -2.21. The molecule has 0 saturated carbocycles. The summed E-state index contributed by atoms with van der Waals surface area (Å²) in [6.45, 7) is 2.78. The van der Waals surface area contributed by atoms with E-state index in [1.807, 2.05) is 14.1 Å². The summed E-state index contributed by atoms with van der Waals surface area (Å²) in [5.41, 5.74) is 0. The molecule has 86 valence electrons. The minimum absolute atomic E-state index is 0.102. The van der Waals surface area contributed by atoms with Crippen LogP contribution in [0.4, 0.5) is 0 Å². The number of hydrogen-bond acceptors (Lipinski definition) is 4. The predicted molar refractivity (Wildman–Crippen MR) is 57.3 cm³/mol. The molecule has 1 aliphatic heterocycles. The van der Waals surface area contributed by atoms with Gasteiger partial charge in [0.25, 0.3) is 0 Å². The molecule has 0 aromatic rings. The Morgan fingerprint density at radius 3 is 2.53 bits per heavy atom. The number of likely N-dealkylation sites (N-methyl/N-ethyl adjacent to an activating group) is 2. The van der Waals surface area contributed by atoms with Gasteiger partial charge in [0.1, 0.15) is 0 Å². The molecule has 0 spiro atoms. The Morgan fingerprint density at radius 2 is 2.13 bits per heavy atom. The fraction of sp³-hybridized carbons (Fsp3) is 0.800. The molecule has 1 N–H and O–H groups in total. The third kappa shape index (κ3) is 2.76. The van der Waals surface area contributed by atoms with E-state index < -0.39 is 0 Å². The number of rotatable bonds is 4. The Balaban J connectivity index is 2.41. The van der Waals surface area contributed by atoms with E-state index >= 15 is 0 Å². The van der Waals surface area contributed by atoms with Crippen molar-refractivity contribution in [3.05, 3.63) is 0 Å². The van der Waals surface area contributed by atoms with Gasteiger partial charge in [-0.1, -0.05) is 0 Å². The van der Waals surface area contributed by atoms with Crippen LogP contribution in [0, 0.1) is 0 Å². The number of carbonyl (C=O) groups excluding carboxylic acids is 2. The van der Waals surface area contributed by atoms with Gasteiger partial charge in [-0.15, -0.1) is 0 Å². The summed E-state index contributed by atoms with van der Waals surface area (Å²) in [5.74, 6) is -0.221. The molecule has 15 heavy (non-hydrogen) atoms. The van der Waals surface area contributed by atoms with Crippen LogP contribution in [-0.4, -0.2) is 61.4 Å². The van der Waals surface area contributed by atoms with Gasteiger partial charge in [-0.2, -0.15) is 0 Å². The normalized spacial score (nSPS) is 24.1. The lowest BCUT2D eigenvalue weighted by molar-refractivity contribution is -0.137. The van der Waals surface area contributed by atoms with Crippen molar-refractivity contribution in [1.29, 1.82) is 0 Å². The lowest BCUT2D eigenvalue weighted by atomic mass is 10.2. The zero-order valence-electron chi connectivity index (χ0n) is 9.78. The van der Waals surface area contributed by atoms with Gasteiger partial charge in [0.05, 0.1) is 12.5 Å². The summed E-state index contributed by atoms with van der Waals surface area (Å²) < 4.78 is 0. The van der Waals surface area contributed by atoms with E-state index in [4.69, 9.17) is 0 Å². The molecule has 2 amide bonds. The summed E-state index contributed by atoms with van der Waals surface area (Å²) in [5, 5.41) is 3.12. The zero-order chi connectivity index (χ0) is 11.6. The molecule has 0 aromatic heterocycles. The quantitative estimate of drug-likeness (QED) is 0.626. The standard InChI is InChI=1S/C10H19N3O2/c1-7(12(2)3)6-11-8-5-9(14)13(4)10(8)15/h7-8,11H,5-6H2,1-4H3. The second kappa shape index (κ2) is 4.72. The average molecular weight is 213 g/mol. The van der Waals surface area contributed by atoms with Crippen molar-refractivity contribution in [1.82, 2.24) is 15.1 Å². The SMILES string of the molecule is CC(CNC1CC(=O)N(C)C1=O)N(C)C. The third-order valence-electron chi connectivity index (χ3n) is 2.92. The summed E-state index contributed by atoms with van der Waals surface area (Å²) >= 11 is 0. The van der Waals surface area contributed by atoms with Crippen LogP contribution in [0.1, 0.15) is 13.3 Å². The Kier molecular flexibility index (Phi) is 3.82. The molecule has 0 aromatic carbocycles. The molecule has 5 nitrogen and oxygen atoms in total. The highest BCUT2D eigenvalue weighted by atomic mass is 16.2. The number of hydrogen-bond donors (Lipinski definition) is 1. The minimum atomic E-state index is -0.329. The van der Waals surface area contributed by atoms with E-state index in [-0.39, 0.29) is 24.3 Å². The monoisotopic (exact) mass is 213 g/mol. The maximum atomic E-state index is 11.5. The zero-order valence-corrected chi connectivity index (χ0v) is 9.78. The van der Waals surface area contributed by atoms with Crippen LogP contribution in [0.2, 0.25) is 0 Å². The topological polar surface area (TPSA) is 52.7 Å². The fourth-order valence-corrected chi connectivity index (χ4v) is 1.41. The first-order valence-electron chi connectivity index (χ1n) is 5.13. The number of amides is 2. The number of nitrogens with zero attached hydrogens (tertiary/aromatic N) is 2. The van der Waals surface area contributed by atoms with E-state index in [1.165, 1.54) is 11.9 Å². The van der Waals surface area contributed by atoms with Gasteiger partial charge in [0.15, 0.2) is 0 Å². The van der Waals surface area contributed by atoms with Crippen molar-refractivity contribution in [2.24, 2.45) is 0 Å². The third-order valence-corrected chi connectivity index (χ3v) is 2.92. The van der Waals surface area contributed by atoms with Crippen LogP contribution in [-0.2, 0) is 9.59 Å². The van der Waals surface area contributed by atoms with Crippen molar-refractivity contribution < 1.29 is 9.59 Å². The summed E-state index contributed by atoms with van der Waals surface area (Å²) in [6, 6.07) is 0.0173. The van der Waals surface area contributed by atoms with Gasteiger partial charge in [0.2, 0.25) is 11.8 Å². The van der Waals surface area contributed by atoms with Crippen molar-refractivity contribution in [2.75, 3.05) is 27.7 Å². The molecule has 0 bridgehead atoms. The summed E-state index contributed by atoms with van der Waals surface area (Å²) in [6.07, 6.45) is 0.287. The maximum absolute atomic E-state index is 11.5. The van der Waals surface area contributed by atoms with Gasteiger partial charge in [-0.25, -0.2) is 0 Å². The summed E-state index contributed by atoms with van der Waals surface area (Å²) in [4.78, 5) is 26.0. The van der Waals surface area contributed by atoms with Crippen LogP contribution >= 0.6 is 0 Å². The van der Waals surface area contributed by atoms with Crippen molar-refractivity contribution in [3.63, 3.8) is 0 Å². The van der Waals surface area contributed by atoms with Gasteiger partial charge in [0, 0.05) is 19.6 Å². The van der Waals surface area contributed by atoms with E-state index in [0.717, 1.165) is 0 Å². The van der Waals surface area contributed by atoms with Gasteiger partial charge in [-0.3, -0.25) is 14.5 Å². The first-order chi connectivity index (χ1) is 6.93. The van der Waals surface area contributed by atoms with Crippen molar-refractivity contribution in [3.8, 4) is 0 Å². The van der Waals surface area contributed by atoms with E-state index in [9.17, 15) is 9.59 Å². The molecule has 5 heteroatoms. The van der Waals surface area contributed by atoms with Gasteiger partial charge >= 0.3 is 0 Å². The molecule has 1 aliphatic rings. The fourth-order valence-electron chi connectivity index (χ4n) is 1.41. The second-order valence-corrected chi connectivity index (χ2v) is 4.27. The average Bonchev–Trinajstić information content (AvgIpc) is 2.42. The van der Waals surface area contributed by atoms with Crippen LogP contribution < -0.4 is 5.32 Å².